The fourth-order valence-corrected chi connectivity index (χ4v) is 3.96. The van der Waals surface area contributed by atoms with E-state index < -0.39 is 10.2 Å². The van der Waals surface area contributed by atoms with E-state index in [1.54, 1.807) is 14.1 Å². The lowest BCUT2D eigenvalue weighted by Gasteiger charge is -2.12. The first-order chi connectivity index (χ1) is 12.4. The van der Waals surface area contributed by atoms with E-state index in [4.69, 9.17) is 4.74 Å². The fraction of sp³-hybridized carbons (Fsp3) is 0.300. The van der Waals surface area contributed by atoms with Crippen LogP contribution in [0.15, 0.2) is 55.1 Å². The molecule has 6 heteroatoms. The van der Waals surface area contributed by atoms with Gasteiger partial charge in [0, 0.05) is 26.7 Å². The third-order valence-corrected chi connectivity index (χ3v) is 6.40. The summed E-state index contributed by atoms with van der Waals surface area (Å²) in [7, 11) is -0.175. The van der Waals surface area contributed by atoms with Crippen LogP contribution in [-0.4, -0.2) is 43.7 Å². The van der Waals surface area contributed by atoms with Crippen LogP contribution in [0.4, 0.5) is 0 Å². The van der Waals surface area contributed by atoms with Gasteiger partial charge in [-0.1, -0.05) is 49.1 Å². The number of hydrogen-bond acceptors (Lipinski definition) is 3. The molecular formula is C20H24N2O3S. The lowest BCUT2D eigenvalue weighted by atomic mass is 10.1. The van der Waals surface area contributed by atoms with Gasteiger partial charge in [-0.25, -0.2) is 0 Å². The summed E-state index contributed by atoms with van der Waals surface area (Å²) < 4.78 is 32.7. The second-order valence-electron chi connectivity index (χ2n) is 6.60. The van der Waals surface area contributed by atoms with Crippen LogP contribution >= 0.6 is 0 Å². The number of hydrogen-bond donors (Lipinski definition) is 0. The highest BCUT2D eigenvalue weighted by atomic mass is 32.2. The largest absolute Gasteiger partial charge is 0.489 e. The molecule has 5 nitrogen and oxygen atoms in total. The Labute approximate surface area is 155 Å². The van der Waals surface area contributed by atoms with Crippen LogP contribution in [0.3, 0.4) is 0 Å². The molecule has 3 rings (SSSR count). The van der Waals surface area contributed by atoms with E-state index in [0.717, 1.165) is 28.9 Å². The Balaban J connectivity index is 1.52. The van der Waals surface area contributed by atoms with E-state index in [9.17, 15) is 8.42 Å². The lowest BCUT2D eigenvalue weighted by Crippen LogP contribution is -2.30. The molecule has 138 valence electrons. The van der Waals surface area contributed by atoms with Gasteiger partial charge in [-0.3, -0.25) is 0 Å². The molecule has 1 saturated heterocycles. The van der Waals surface area contributed by atoms with E-state index in [2.05, 4.69) is 6.58 Å². The maximum Gasteiger partial charge on any atom is 0.281 e. The topological polar surface area (TPSA) is 49.6 Å². The van der Waals surface area contributed by atoms with Crippen molar-refractivity contribution in [2.45, 2.75) is 19.1 Å². The normalized spacial score (nSPS) is 19.3. The van der Waals surface area contributed by atoms with E-state index >= 15 is 0 Å². The van der Waals surface area contributed by atoms with Crippen molar-refractivity contribution in [1.82, 2.24) is 8.61 Å². The Morgan fingerprint density at radius 3 is 2.31 bits per heavy atom. The highest BCUT2D eigenvalue weighted by Crippen LogP contribution is 2.27. The van der Waals surface area contributed by atoms with Gasteiger partial charge >= 0.3 is 0 Å². The van der Waals surface area contributed by atoms with Crippen molar-refractivity contribution in [2.75, 3.05) is 20.6 Å². The molecule has 1 unspecified atom stereocenters. The van der Waals surface area contributed by atoms with Crippen molar-refractivity contribution in [1.29, 1.82) is 0 Å². The number of nitrogens with zero attached hydrogens (tertiary/aromatic N) is 2. The summed E-state index contributed by atoms with van der Waals surface area (Å²) in [5, 5.41) is 0. The Bertz CT molecular complexity index is 859. The SMILES string of the molecule is C=Cc1ccc(COc2ccc(C[C@H]3CN3S(=O)(=O)N(C)C)cc2)cc1. The van der Waals surface area contributed by atoms with Gasteiger partial charge in [0.05, 0.1) is 0 Å². The first kappa shape index (κ1) is 18.6. The monoisotopic (exact) mass is 372 g/mol. The van der Waals surface area contributed by atoms with Crippen molar-refractivity contribution in [2.24, 2.45) is 0 Å². The second-order valence-corrected chi connectivity index (χ2v) is 8.69. The lowest BCUT2D eigenvalue weighted by molar-refractivity contribution is 0.306. The molecule has 1 heterocycles. The van der Waals surface area contributed by atoms with Gasteiger partial charge in [-0.15, -0.1) is 0 Å². The molecule has 0 spiro atoms. The van der Waals surface area contributed by atoms with Crippen LogP contribution in [0.5, 0.6) is 5.75 Å². The zero-order valence-corrected chi connectivity index (χ0v) is 15.9. The molecular weight excluding hydrogens is 348 g/mol. The molecule has 0 N–H and O–H groups in total. The van der Waals surface area contributed by atoms with Crippen LogP contribution in [0, 0.1) is 0 Å². The highest BCUT2D eigenvalue weighted by molar-refractivity contribution is 7.87. The summed E-state index contributed by atoms with van der Waals surface area (Å²) >= 11 is 0. The van der Waals surface area contributed by atoms with Crippen molar-refractivity contribution < 1.29 is 13.2 Å². The first-order valence-electron chi connectivity index (χ1n) is 8.52. The molecule has 26 heavy (non-hydrogen) atoms. The predicted octanol–water partition coefficient (Wildman–Crippen LogP) is 2.94. The Hall–Kier alpha value is -2.15. The van der Waals surface area contributed by atoms with E-state index in [1.165, 1.54) is 8.61 Å². The van der Waals surface area contributed by atoms with Crippen LogP contribution in [0.2, 0.25) is 0 Å². The molecule has 1 fully saturated rings. The molecule has 0 aromatic heterocycles. The van der Waals surface area contributed by atoms with E-state index in [1.807, 2.05) is 54.6 Å². The molecule has 0 saturated carbocycles. The van der Waals surface area contributed by atoms with E-state index in [0.29, 0.717) is 13.2 Å². The Morgan fingerprint density at radius 2 is 1.73 bits per heavy atom. The summed E-state index contributed by atoms with van der Waals surface area (Å²) in [6.45, 7) is 4.83. The average Bonchev–Trinajstić information content (AvgIpc) is 3.41. The van der Waals surface area contributed by atoms with Crippen molar-refractivity contribution in [3.8, 4) is 5.75 Å². The minimum atomic E-state index is -3.29. The summed E-state index contributed by atoms with van der Waals surface area (Å²) in [5.74, 6) is 0.801. The predicted molar refractivity (Wildman–Crippen MR) is 104 cm³/mol. The van der Waals surface area contributed by atoms with Crippen molar-refractivity contribution in [3.05, 3.63) is 71.8 Å². The summed E-state index contributed by atoms with van der Waals surface area (Å²) in [6, 6.07) is 16.0. The molecule has 1 aliphatic rings. The standard InChI is InChI=1S/C20H24N2O3S/c1-4-16-5-7-18(8-6-16)15-25-20-11-9-17(10-12-20)13-19-14-22(19)26(23,24)21(2)3/h4-12,19H,1,13-15H2,2-3H3/t19-,22?/m0/s1. The summed E-state index contributed by atoms with van der Waals surface area (Å²) in [6.07, 6.45) is 2.53. The smallest absolute Gasteiger partial charge is 0.281 e. The number of rotatable bonds is 8. The minimum absolute atomic E-state index is 0.0533. The molecule has 0 bridgehead atoms. The van der Waals surface area contributed by atoms with Gasteiger partial charge < -0.3 is 4.74 Å². The molecule has 2 atom stereocenters. The van der Waals surface area contributed by atoms with Crippen LogP contribution in [0.1, 0.15) is 16.7 Å². The van der Waals surface area contributed by atoms with Gasteiger partial charge in [0.15, 0.2) is 0 Å². The summed E-state index contributed by atoms with van der Waals surface area (Å²) in [4.78, 5) is 0. The molecule has 0 aliphatic carbocycles. The van der Waals surface area contributed by atoms with Crippen LogP contribution in [-0.2, 0) is 23.2 Å². The third-order valence-electron chi connectivity index (χ3n) is 4.44. The van der Waals surface area contributed by atoms with Crippen LogP contribution in [0.25, 0.3) is 6.08 Å². The molecule has 2 aromatic rings. The zero-order chi connectivity index (χ0) is 18.7. The maximum absolute atomic E-state index is 12.0. The molecule has 2 aromatic carbocycles. The molecule has 0 radical (unpaired) electrons. The maximum atomic E-state index is 12.0. The molecule has 0 amide bonds. The van der Waals surface area contributed by atoms with Gasteiger partial charge in [0.1, 0.15) is 12.4 Å². The third kappa shape index (κ3) is 4.33. The first-order valence-corrected chi connectivity index (χ1v) is 9.92. The van der Waals surface area contributed by atoms with E-state index in [-0.39, 0.29) is 6.04 Å². The number of ether oxygens (including phenoxy) is 1. The van der Waals surface area contributed by atoms with Gasteiger partial charge in [0.2, 0.25) is 0 Å². The summed E-state index contributed by atoms with van der Waals surface area (Å²) in [5.41, 5.74) is 3.29. The van der Waals surface area contributed by atoms with Crippen LogP contribution < -0.4 is 4.74 Å². The Kier molecular flexibility index (Phi) is 5.46. The van der Waals surface area contributed by atoms with Gasteiger partial charge in [-0.05, 0) is 35.2 Å². The Morgan fingerprint density at radius 1 is 1.12 bits per heavy atom. The van der Waals surface area contributed by atoms with Crippen molar-refractivity contribution >= 4 is 16.3 Å². The number of benzene rings is 2. The minimum Gasteiger partial charge on any atom is -0.489 e. The zero-order valence-electron chi connectivity index (χ0n) is 15.1. The van der Waals surface area contributed by atoms with Gasteiger partial charge in [-0.2, -0.15) is 17.0 Å². The highest BCUT2D eigenvalue weighted by Gasteiger charge is 2.44. The average molecular weight is 372 g/mol. The fourth-order valence-electron chi connectivity index (χ4n) is 2.73. The second kappa shape index (κ2) is 7.61. The van der Waals surface area contributed by atoms with Gasteiger partial charge in [0.25, 0.3) is 10.2 Å². The molecule has 1 aliphatic heterocycles. The van der Waals surface area contributed by atoms with Crippen molar-refractivity contribution in [3.63, 3.8) is 0 Å². The quantitative estimate of drug-likeness (QED) is 0.670.